The summed E-state index contributed by atoms with van der Waals surface area (Å²) in [5.74, 6) is 0.626. The molecule has 0 amide bonds. The molecule has 0 radical (unpaired) electrons. The van der Waals surface area contributed by atoms with Crippen LogP contribution >= 0.6 is 39.1 Å². The molecule has 0 bridgehead atoms. The molecule has 0 fully saturated rings. The fourth-order valence-corrected chi connectivity index (χ4v) is 2.92. The molecule has 1 aromatic rings. The summed E-state index contributed by atoms with van der Waals surface area (Å²) in [7, 11) is 0. The molecule has 0 aliphatic rings. The number of hydrogen-bond donors (Lipinski definition) is 1. The van der Waals surface area contributed by atoms with Gasteiger partial charge in [0, 0.05) is 11.0 Å². The number of rotatable bonds is 5. The van der Waals surface area contributed by atoms with Gasteiger partial charge in [-0.05, 0) is 24.5 Å². The van der Waals surface area contributed by atoms with Gasteiger partial charge in [0.2, 0.25) is 0 Å². The van der Waals surface area contributed by atoms with Gasteiger partial charge >= 0.3 is 0 Å². The van der Waals surface area contributed by atoms with Crippen LogP contribution < -0.4 is 5.32 Å². The van der Waals surface area contributed by atoms with E-state index in [4.69, 9.17) is 23.2 Å². The van der Waals surface area contributed by atoms with Crippen LogP contribution in [-0.2, 0) is 0 Å². The second-order valence-corrected chi connectivity index (χ2v) is 5.75. The van der Waals surface area contributed by atoms with Gasteiger partial charge in [-0.15, -0.1) is 0 Å². The van der Waals surface area contributed by atoms with Crippen LogP contribution in [0.5, 0.6) is 0 Å². The Morgan fingerprint density at radius 2 is 1.88 bits per heavy atom. The SMILES string of the molecule is CCCC(C)CNc1c(Cl)cc(Br)cc1Cl. The molecule has 0 saturated carbocycles. The normalized spacial score (nSPS) is 12.6. The van der Waals surface area contributed by atoms with Crippen LogP contribution in [0.2, 0.25) is 10.0 Å². The Kier molecular flexibility index (Phi) is 5.95. The van der Waals surface area contributed by atoms with E-state index in [-0.39, 0.29) is 0 Å². The standard InChI is InChI=1S/C12H16BrCl2N/c1-3-4-8(2)7-16-12-10(14)5-9(13)6-11(12)15/h5-6,8,16H,3-4,7H2,1-2H3. The van der Waals surface area contributed by atoms with Crippen LogP contribution in [0.4, 0.5) is 5.69 Å². The predicted octanol–water partition coefficient (Wildman–Crippen LogP) is 5.60. The molecule has 1 rings (SSSR count). The van der Waals surface area contributed by atoms with Crippen molar-refractivity contribution in [1.82, 2.24) is 0 Å². The number of hydrogen-bond acceptors (Lipinski definition) is 1. The molecule has 1 nitrogen and oxygen atoms in total. The topological polar surface area (TPSA) is 12.0 Å². The zero-order valence-corrected chi connectivity index (χ0v) is 12.6. The predicted molar refractivity (Wildman–Crippen MR) is 76.7 cm³/mol. The Bertz CT molecular complexity index is 332. The lowest BCUT2D eigenvalue weighted by Crippen LogP contribution is -2.11. The first-order chi connectivity index (χ1) is 7.54. The molecular weight excluding hydrogens is 309 g/mol. The maximum absolute atomic E-state index is 6.12. The first kappa shape index (κ1) is 14.1. The van der Waals surface area contributed by atoms with Crippen molar-refractivity contribution in [2.75, 3.05) is 11.9 Å². The van der Waals surface area contributed by atoms with Gasteiger partial charge in [0.25, 0.3) is 0 Å². The third-order valence-electron chi connectivity index (χ3n) is 2.42. The molecule has 0 aromatic heterocycles. The van der Waals surface area contributed by atoms with E-state index in [0.29, 0.717) is 16.0 Å². The van der Waals surface area contributed by atoms with E-state index < -0.39 is 0 Å². The highest BCUT2D eigenvalue weighted by molar-refractivity contribution is 9.10. The molecule has 4 heteroatoms. The summed E-state index contributed by atoms with van der Waals surface area (Å²) < 4.78 is 0.898. The second-order valence-electron chi connectivity index (χ2n) is 4.02. The van der Waals surface area contributed by atoms with E-state index in [2.05, 4.69) is 35.1 Å². The largest absolute Gasteiger partial charge is 0.382 e. The maximum Gasteiger partial charge on any atom is 0.0719 e. The minimum absolute atomic E-state index is 0.626. The first-order valence-electron chi connectivity index (χ1n) is 5.43. The van der Waals surface area contributed by atoms with Crippen molar-refractivity contribution in [3.63, 3.8) is 0 Å². The molecule has 1 unspecified atom stereocenters. The number of benzene rings is 1. The first-order valence-corrected chi connectivity index (χ1v) is 6.98. The highest BCUT2D eigenvalue weighted by Crippen LogP contribution is 2.33. The maximum atomic E-state index is 6.12. The highest BCUT2D eigenvalue weighted by atomic mass is 79.9. The van der Waals surface area contributed by atoms with E-state index in [9.17, 15) is 0 Å². The second kappa shape index (κ2) is 6.73. The Labute approximate surface area is 116 Å². The van der Waals surface area contributed by atoms with Gasteiger partial charge in [0.15, 0.2) is 0 Å². The van der Waals surface area contributed by atoms with E-state index in [1.54, 1.807) is 0 Å². The molecule has 0 aliphatic heterocycles. The molecular formula is C12H16BrCl2N. The zero-order valence-electron chi connectivity index (χ0n) is 9.49. The van der Waals surface area contributed by atoms with Crippen LogP contribution in [0.15, 0.2) is 16.6 Å². The van der Waals surface area contributed by atoms with E-state index >= 15 is 0 Å². The molecule has 90 valence electrons. The Morgan fingerprint density at radius 1 is 1.31 bits per heavy atom. The van der Waals surface area contributed by atoms with Crippen LogP contribution in [0, 0.1) is 5.92 Å². The van der Waals surface area contributed by atoms with Gasteiger partial charge in [-0.3, -0.25) is 0 Å². The third-order valence-corrected chi connectivity index (χ3v) is 3.47. The van der Waals surface area contributed by atoms with Crippen molar-refractivity contribution in [2.24, 2.45) is 5.92 Å². The summed E-state index contributed by atoms with van der Waals surface area (Å²) in [5.41, 5.74) is 0.828. The summed E-state index contributed by atoms with van der Waals surface area (Å²) in [6.45, 7) is 5.31. The summed E-state index contributed by atoms with van der Waals surface area (Å²) in [6, 6.07) is 3.69. The van der Waals surface area contributed by atoms with Crippen molar-refractivity contribution < 1.29 is 0 Å². The monoisotopic (exact) mass is 323 g/mol. The molecule has 0 spiro atoms. The third kappa shape index (κ3) is 4.15. The fraction of sp³-hybridized carbons (Fsp3) is 0.500. The lowest BCUT2D eigenvalue weighted by Gasteiger charge is -2.15. The molecule has 1 aromatic carbocycles. The molecule has 1 N–H and O–H groups in total. The average molecular weight is 325 g/mol. The van der Waals surface area contributed by atoms with Crippen LogP contribution in [-0.4, -0.2) is 6.54 Å². The lowest BCUT2D eigenvalue weighted by molar-refractivity contribution is 0.551. The highest BCUT2D eigenvalue weighted by Gasteiger charge is 2.08. The fourth-order valence-electron chi connectivity index (χ4n) is 1.58. The van der Waals surface area contributed by atoms with Crippen molar-refractivity contribution in [2.45, 2.75) is 26.7 Å². The van der Waals surface area contributed by atoms with Gasteiger partial charge in [0.05, 0.1) is 15.7 Å². The smallest absolute Gasteiger partial charge is 0.0719 e. The number of anilines is 1. The van der Waals surface area contributed by atoms with Crippen molar-refractivity contribution in [1.29, 1.82) is 0 Å². The minimum Gasteiger partial charge on any atom is -0.382 e. The summed E-state index contributed by atoms with van der Waals surface area (Å²) in [6.07, 6.45) is 2.41. The Morgan fingerprint density at radius 3 is 2.38 bits per heavy atom. The van der Waals surface area contributed by atoms with Crippen LogP contribution in [0.1, 0.15) is 26.7 Å². The molecule has 0 saturated heterocycles. The lowest BCUT2D eigenvalue weighted by atomic mass is 10.1. The molecule has 0 heterocycles. The summed E-state index contributed by atoms with van der Waals surface area (Å²) >= 11 is 15.6. The molecule has 0 aliphatic carbocycles. The van der Waals surface area contributed by atoms with Gasteiger partial charge < -0.3 is 5.32 Å². The number of nitrogens with one attached hydrogen (secondary N) is 1. The van der Waals surface area contributed by atoms with Crippen molar-refractivity contribution in [3.8, 4) is 0 Å². The van der Waals surface area contributed by atoms with Crippen molar-refractivity contribution in [3.05, 3.63) is 26.7 Å². The quantitative estimate of drug-likeness (QED) is 0.742. The summed E-state index contributed by atoms with van der Waals surface area (Å²) in [4.78, 5) is 0. The van der Waals surface area contributed by atoms with Gasteiger partial charge in [-0.1, -0.05) is 59.4 Å². The Balaban J connectivity index is 2.67. The zero-order chi connectivity index (χ0) is 12.1. The van der Waals surface area contributed by atoms with E-state index in [1.165, 1.54) is 12.8 Å². The molecule has 16 heavy (non-hydrogen) atoms. The van der Waals surface area contributed by atoms with Gasteiger partial charge in [-0.2, -0.15) is 0 Å². The van der Waals surface area contributed by atoms with Gasteiger partial charge in [0.1, 0.15) is 0 Å². The van der Waals surface area contributed by atoms with Crippen LogP contribution in [0.25, 0.3) is 0 Å². The van der Waals surface area contributed by atoms with E-state index in [1.807, 2.05) is 12.1 Å². The van der Waals surface area contributed by atoms with Crippen LogP contribution in [0.3, 0.4) is 0 Å². The number of halogens is 3. The molecule has 1 atom stereocenters. The Hall–Kier alpha value is 0.0800. The van der Waals surface area contributed by atoms with E-state index in [0.717, 1.165) is 16.7 Å². The summed E-state index contributed by atoms with van der Waals surface area (Å²) in [5, 5.41) is 4.62. The minimum atomic E-state index is 0.626. The average Bonchev–Trinajstić information content (AvgIpc) is 2.16. The van der Waals surface area contributed by atoms with Gasteiger partial charge in [-0.25, -0.2) is 0 Å². The van der Waals surface area contributed by atoms with Crippen molar-refractivity contribution >= 4 is 44.8 Å².